The number of hydrogen-bond acceptors (Lipinski definition) is 9. The maximum Gasteiger partial charge on any atom is 0.407 e. The Morgan fingerprint density at radius 3 is 1.38 bits per heavy atom. The number of hydrogen-bond donors (Lipinski definition) is 4. The van der Waals surface area contributed by atoms with Gasteiger partial charge in [0.25, 0.3) is 0 Å². The zero-order valence-corrected chi connectivity index (χ0v) is 37.2. The van der Waals surface area contributed by atoms with Gasteiger partial charge in [-0.2, -0.15) is 0 Å². The lowest BCUT2D eigenvalue weighted by atomic mass is 9.85. The first-order chi connectivity index (χ1) is 29.7. The van der Waals surface area contributed by atoms with E-state index in [1.165, 1.54) is 30.1 Å². The van der Waals surface area contributed by atoms with Crippen LogP contribution in [0.4, 0.5) is 35.4 Å². The smallest absolute Gasteiger partial charge is 0.407 e. The minimum absolute atomic E-state index is 0.274. The number of anilines is 3. The molecule has 63 heavy (non-hydrogen) atoms. The Morgan fingerprint density at radius 1 is 0.635 bits per heavy atom. The van der Waals surface area contributed by atoms with Crippen molar-refractivity contribution < 1.29 is 47.0 Å². The SMILES string of the molecule is COC(=O)N[C@H](C(=O)N1CCC[C@H]1C(=O)Nc1ccc(CN(Cc2ccc(NC(=O)[C@@H]3CCCN3C(=O)[C@@H](NC(=O)OC)C(C)(C)C)cc2)c2ccc(F)c(F)c2)cc1)C(C)(C)C. The molecule has 2 aliphatic rings. The van der Waals surface area contributed by atoms with Crippen LogP contribution in [0.2, 0.25) is 0 Å². The van der Waals surface area contributed by atoms with Gasteiger partial charge in [0.15, 0.2) is 11.6 Å². The van der Waals surface area contributed by atoms with Crippen molar-refractivity contribution in [1.29, 1.82) is 0 Å². The maximum absolute atomic E-state index is 14.5. The summed E-state index contributed by atoms with van der Waals surface area (Å²) >= 11 is 0. The van der Waals surface area contributed by atoms with Gasteiger partial charge in [-0.15, -0.1) is 0 Å². The fourth-order valence-electron chi connectivity index (χ4n) is 7.79. The summed E-state index contributed by atoms with van der Waals surface area (Å²) in [5.41, 5.74) is 1.72. The molecule has 3 aromatic carbocycles. The van der Waals surface area contributed by atoms with Gasteiger partial charge < -0.3 is 45.4 Å². The third kappa shape index (κ3) is 12.2. The molecule has 0 saturated carbocycles. The zero-order chi connectivity index (χ0) is 46.2. The molecule has 5 rings (SSSR count). The Bertz CT molecular complexity index is 2010. The molecule has 17 heteroatoms. The number of alkyl carbamates (subject to hydrolysis) is 2. The molecule has 0 aliphatic carbocycles. The minimum Gasteiger partial charge on any atom is -0.453 e. The van der Waals surface area contributed by atoms with Crippen molar-refractivity contribution in [3.63, 3.8) is 0 Å². The highest BCUT2D eigenvalue weighted by Crippen LogP contribution is 2.29. The van der Waals surface area contributed by atoms with Crippen LogP contribution in [-0.2, 0) is 41.7 Å². The first kappa shape index (κ1) is 47.8. The first-order valence-corrected chi connectivity index (χ1v) is 21.0. The van der Waals surface area contributed by atoms with Gasteiger partial charge in [-0.05, 0) is 84.0 Å². The van der Waals surface area contributed by atoms with E-state index in [1.807, 2.05) is 46.4 Å². The molecule has 6 amide bonds. The number of methoxy groups -OCH3 is 2. The van der Waals surface area contributed by atoms with E-state index in [2.05, 4.69) is 21.3 Å². The number of halogens is 2. The van der Waals surface area contributed by atoms with Gasteiger partial charge in [0.05, 0.1) is 14.2 Å². The van der Waals surface area contributed by atoms with E-state index in [9.17, 15) is 37.5 Å². The van der Waals surface area contributed by atoms with Crippen molar-refractivity contribution in [2.45, 2.75) is 104 Å². The molecular formula is C46H59F2N7O8. The molecule has 15 nitrogen and oxygen atoms in total. The lowest BCUT2D eigenvalue weighted by molar-refractivity contribution is -0.140. The molecule has 0 spiro atoms. The number of nitrogens with one attached hydrogen (secondary N) is 4. The Labute approximate surface area is 367 Å². The van der Waals surface area contributed by atoms with Crippen molar-refractivity contribution in [2.75, 3.05) is 42.8 Å². The van der Waals surface area contributed by atoms with E-state index in [0.717, 1.165) is 23.3 Å². The zero-order valence-electron chi connectivity index (χ0n) is 37.2. The Hall–Kier alpha value is -6.26. The molecule has 0 unspecified atom stereocenters. The summed E-state index contributed by atoms with van der Waals surface area (Å²) in [5.74, 6) is -3.45. The molecule has 3 aromatic rings. The number of amides is 6. The van der Waals surface area contributed by atoms with E-state index in [-0.39, 0.29) is 36.7 Å². The molecular weight excluding hydrogens is 817 g/mol. The number of ether oxygens (including phenoxy) is 2. The monoisotopic (exact) mass is 875 g/mol. The normalized spacial score (nSPS) is 17.3. The van der Waals surface area contributed by atoms with Gasteiger partial charge in [-0.1, -0.05) is 65.8 Å². The van der Waals surface area contributed by atoms with Crippen molar-refractivity contribution >= 4 is 52.9 Å². The Morgan fingerprint density at radius 2 is 1.03 bits per heavy atom. The van der Waals surface area contributed by atoms with Gasteiger partial charge in [0.1, 0.15) is 24.2 Å². The van der Waals surface area contributed by atoms with Crippen LogP contribution in [0, 0.1) is 22.5 Å². The van der Waals surface area contributed by atoms with Crippen molar-refractivity contribution in [3.05, 3.63) is 89.5 Å². The Kier molecular flexibility index (Phi) is 15.4. The number of rotatable bonds is 13. The van der Waals surface area contributed by atoms with Crippen molar-refractivity contribution in [3.8, 4) is 0 Å². The molecule has 4 atom stereocenters. The fraction of sp³-hybridized carbons (Fsp3) is 0.478. The predicted molar refractivity (Wildman–Crippen MR) is 233 cm³/mol. The number of likely N-dealkylation sites (tertiary alicyclic amines) is 2. The maximum atomic E-state index is 14.5. The third-order valence-electron chi connectivity index (χ3n) is 11.3. The quantitative estimate of drug-likeness (QED) is 0.148. The van der Waals surface area contributed by atoms with E-state index < -0.39 is 58.8 Å². The topological polar surface area (TPSA) is 179 Å². The van der Waals surface area contributed by atoms with Crippen LogP contribution in [0.15, 0.2) is 66.7 Å². The van der Waals surface area contributed by atoms with E-state index in [0.29, 0.717) is 55.8 Å². The molecule has 0 radical (unpaired) electrons. The highest BCUT2D eigenvalue weighted by molar-refractivity contribution is 6.00. The summed E-state index contributed by atoms with van der Waals surface area (Å²) < 4.78 is 38.1. The molecule has 2 aliphatic heterocycles. The van der Waals surface area contributed by atoms with E-state index in [1.54, 1.807) is 48.5 Å². The number of nitrogens with zero attached hydrogens (tertiary/aromatic N) is 3. The molecule has 0 bridgehead atoms. The molecule has 340 valence electrons. The largest absolute Gasteiger partial charge is 0.453 e. The van der Waals surface area contributed by atoms with Gasteiger partial charge >= 0.3 is 12.2 Å². The van der Waals surface area contributed by atoms with Crippen LogP contribution in [0.1, 0.15) is 78.4 Å². The standard InChI is InChI=1S/C46H59F2N7O8/c1-45(2,3)37(51-43(60)62-7)41(58)54-23-9-11-35(54)39(56)49-30-17-13-28(14-18-30)26-53(32-21-22-33(47)34(48)25-32)27-29-15-19-31(20-16-29)50-40(57)36-12-10-24-55(36)42(59)38(46(4,5)6)52-44(61)63-8/h13-22,25,35-38H,9-12,23-24,26-27H2,1-8H3,(H,49,56)(H,50,57)(H,51,60)(H,52,61)/t35-,36-,37+,38+/m0/s1. The molecule has 0 aromatic heterocycles. The van der Waals surface area contributed by atoms with Gasteiger partial charge in [-0.25, -0.2) is 18.4 Å². The fourth-order valence-corrected chi connectivity index (χ4v) is 7.79. The first-order valence-electron chi connectivity index (χ1n) is 21.0. The third-order valence-corrected chi connectivity index (χ3v) is 11.3. The summed E-state index contributed by atoms with van der Waals surface area (Å²) in [7, 11) is 2.44. The highest BCUT2D eigenvalue weighted by atomic mass is 19.2. The average Bonchev–Trinajstić information content (AvgIpc) is 3.94. The summed E-state index contributed by atoms with van der Waals surface area (Å²) in [6.45, 7) is 12.2. The Balaban J connectivity index is 1.25. The average molecular weight is 876 g/mol. The minimum atomic E-state index is -1.00. The second kappa shape index (κ2) is 20.3. The lowest BCUT2D eigenvalue weighted by Crippen LogP contribution is -2.57. The summed E-state index contributed by atoms with van der Waals surface area (Å²) in [6, 6.07) is 14.5. The van der Waals surface area contributed by atoms with Crippen molar-refractivity contribution in [2.24, 2.45) is 10.8 Å². The molecule has 4 N–H and O–H groups in total. The predicted octanol–water partition coefficient (Wildman–Crippen LogP) is 6.57. The molecule has 2 heterocycles. The second-order valence-corrected chi connectivity index (χ2v) is 18.1. The van der Waals surface area contributed by atoms with Crippen LogP contribution in [-0.4, -0.2) is 97.1 Å². The summed E-state index contributed by atoms with van der Waals surface area (Å²) in [4.78, 5) is 83.3. The van der Waals surface area contributed by atoms with E-state index >= 15 is 0 Å². The van der Waals surface area contributed by atoms with Crippen molar-refractivity contribution in [1.82, 2.24) is 20.4 Å². The van der Waals surface area contributed by atoms with Crippen LogP contribution in [0.25, 0.3) is 0 Å². The number of carbonyl (C=O) groups excluding carboxylic acids is 6. The van der Waals surface area contributed by atoms with Gasteiger partial charge in [0, 0.05) is 49.3 Å². The summed E-state index contributed by atoms with van der Waals surface area (Å²) in [6.07, 6.45) is 0.671. The van der Waals surface area contributed by atoms with E-state index in [4.69, 9.17) is 9.47 Å². The van der Waals surface area contributed by atoms with Crippen LogP contribution >= 0.6 is 0 Å². The van der Waals surface area contributed by atoms with Crippen LogP contribution < -0.4 is 26.2 Å². The number of benzene rings is 3. The highest BCUT2D eigenvalue weighted by Gasteiger charge is 2.43. The lowest BCUT2D eigenvalue weighted by Gasteiger charge is -2.35. The van der Waals surface area contributed by atoms with Crippen LogP contribution in [0.3, 0.4) is 0 Å². The van der Waals surface area contributed by atoms with Gasteiger partial charge in [0.2, 0.25) is 23.6 Å². The van der Waals surface area contributed by atoms with Crippen LogP contribution in [0.5, 0.6) is 0 Å². The molecule has 2 fully saturated rings. The van der Waals surface area contributed by atoms with Gasteiger partial charge in [-0.3, -0.25) is 19.2 Å². The second-order valence-electron chi connectivity index (χ2n) is 18.1. The number of carbonyl (C=O) groups is 6. The molecule has 2 saturated heterocycles. The summed E-state index contributed by atoms with van der Waals surface area (Å²) in [5, 5.41) is 11.1.